The monoisotopic (exact) mass is 331 g/mol. The Morgan fingerprint density at radius 3 is 2.26 bits per heavy atom. The number of hydrogen-bond donors (Lipinski definition) is 0. The molecule has 1 heterocycles. The van der Waals surface area contributed by atoms with Crippen LogP contribution < -0.4 is 0 Å². The van der Waals surface area contributed by atoms with Gasteiger partial charge in [0.15, 0.2) is 0 Å². The van der Waals surface area contributed by atoms with Crippen LogP contribution >= 0.6 is 0 Å². The third kappa shape index (κ3) is 8.18. The summed E-state index contributed by atoms with van der Waals surface area (Å²) in [6.07, 6.45) is -0.397. The van der Waals surface area contributed by atoms with Gasteiger partial charge in [-0.05, 0) is 41.5 Å². The minimum absolute atomic E-state index is 0.157. The summed E-state index contributed by atoms with van der Waals surface area (Å²) >= 11 is 0. The molecule has 1 saturated heterocycles. The second-order valence-corrected chi connectivity index (χ2v) is 7.50. The summed E-state index contributed by atoms with van der Waals surface area (Å²) in [6.45, 7) is 12.1. The molecule has 1 fully saturated rings. The van der Waals surface area contributed by atoms with Crippen molar-refractivity contribution < 1.29 is 28.5 Å². The first-order valence-corrected chi connectivity index (χ1v) is 7.85. The van der Waals surface area contributed by atoms with Gasteiger partial charge in [-0.3, -0.25) is 4.90 Å². The molecule has 0 aliphatic carbocycles. The Morgan fingerprint density at radius 1 is 1.09 bits per heavy atom. The molecular weight excluding hydrogens is 302 g/mol. The smallest absolute Gasteiger partial charge is 0.410 e. The van der Waals surface area contributed by atoms with E-state index < -0.39 is 23.3 Å². The fraction of sp³-hybridized carbons (Fsp3) is 0.875. The van der Waals surface area contributed by atoms with Crippen LogP contribution in [0.25, 0.3) is 0 Å². The van der Waals surface area contributed by atoms with Gasteiger partial charge in [-0.25, -0.2) is 9.59 Å². The maximum atomic E-state index is 12.2. The van der Waals surface area contributed by atoms with Crippen molar-refractivity contribution in [2.24, 2.45) is 0 Å². The molecule has 7 heteroatoms. The third-order valence-electron chi connectivity index (χ3n) is 2.81. The van der Waals surface area contributed by atoms with E-state index in [2.05, 4.69) is 0 Å². The Balaban J connectivity index is 2.46. The van der Waals surface area contributed by atoms with Crippen molar-refractivity contribution in [3.63, 3.8) is 0 Å². The molecule has 7 nitrogen and oxygen atoms in total. The van der Waals surface area contributed by atoms with Crippen molar-refractivity contribution in [1.29, 1.82) is 0 Å². The number of carbonyl (C=O) groups excluding carboxylic acids is 2. The van der Waals surface area contributed by atoms with E-state index in [1.807, 2.05) is 20.8 Å². The number of carbonyl (C=O) groups is 2. The largest absolute Gasteiger partial charge is 0.458 e. The lowest BCUT2D eigenvalue weighted by atomic mass is 10.2. The highest BCUT2D eigenvalue weighted by atomic mass is 16.6. The van der Waals surface area contributed by atoms with Gasteiger partial charge in [-0.15, -0.1) is 0 Å². The molecular formula is C16H29NO6. The molecule has 23 heavy (non-hydrogen) atoms. The zero-order chi connectivity index (χ0) is 17.7. The number of hydrogen-bond acceptors (Lipinski definition) is 6. The van der Waals surface area contributed by atoms with E-state index in [1.165, 1.54) is 0 Å². The van der Waals surface area contributed by atoms with Crippen molar-refractivity contribution in [3.05, 3.63) is 0 Å². The van der Waals surface area contributed by atoms with E-state index >= 15 is 0 Å². The normalized spacial score (nSPS) is 19.4. The first-order valence-electron chi connectivity index (χ1n) is 7.85. The maximum absolute atomic E-state index is 12.2. The molecule has 0 spiro atoms. The minimum Gasteiger partial charge on any atom is -0.458 e. The van der Waals surface area contributed by atoms with Gasteiger partial charge in [0.2, 0.25) is 0 Å². The summed E-state index contributed by atoms with van der Waals surface area (Å²) in [4.78, 5) is 25.4. The lowest BCUT2D eigenvalue weighted by molar-refractivity contribution is -0.161. The first-order chi connectivity index (χ1) is 10.5. The first kappa shape index (κ1) is 19.7. The van der Waals surface area contributed by atoms with Crippen LogP contribution in [0, 0.1) is 0 Å². The summed E-state index contributed by atoms with van der Waals surface area (Å²) in [5, 5.41) is 0. The summed E-state index contributed by atoms with van der Waals surface area (Å²) in [5.74, 6) is -0.432. The standard InChI is InChI=1S/C16H29NO6/c1-15(2,3)22-13(18)11-21-10-12-9-20-8-7-17(12)14(19)23-16(4,5)6/h12H,7-11H2,1-6H3/t12-/m1/s1. The van der Waals surface area contributed by atoms with Crippen LogP contribution in [0.3, 0.4) is 0 Å². The van der Waals surface area contributed by atoms with Gasteiger partial charge < -0.3 is 18.9 Å². The number of nitrogens with zero attached hydrogens (tertiary/aromatic N) is 1. The van der Waals surface area contributed by atoms with Crippen LogP contribution in [0.15, 0.2) is 0 Å². The molecule has 0 radical (unpaired) electrons. The van der Waals surface area contributed by atoms with Gasteiger partial charge in [0, 0.05) is 6.54 Å². The van der Waals surface area contributed by atoms with Crippen molar-refractivity contribution in [2.45, 2.75) is 58.8 Å². The van der Waals surface area contributed by atoms with Crippen LogP contribution in [-0.2, 0) is 23.7 Å². The molecule has 1 aliphatic heterocycles. The topological polar surface area (TPSA) is 74.3 Å². The Labute approximate surface area is 138 Å². The van der Waals surface area contributed by atoms with E-state index in [-0.39, 0.29) is 19.3 Å². The molecule has 0 saturated carbocycles. The van der Waals surface area contributed by atoms with Gasteiger partial charge in [0.1, 0.15) is 17.8 Å². The predicted octanol–water partition coefficient (Wildman–Crippen LogP) is 1.98. The van der Waals surface area contributed by atoms with Crippen molar-refractivity contribution in [3.8, 4) is 0 Å². The molecule has 0 unspecified atom stereocenters. The molecule has 134 valence electrons. The summed E-state index contributed by atoms with van der Waals surface area (Å²) in [7, 11) is 0. The summed E-state index contributed by atoms with van der Waals surface area (Å²) in [6, 6.07) is -0.277. The van der Waals surface area contributed by atoms with Gasteiger partial charge in [-0.2, -0.15) is 0 Å². The fourth-order valence-electron chi connectivity index (χ4n) is 2.00. The summed E-state index contributed by atoms with van der Waals surface area (Å²) in [5.41, 5.74) is -1.10. The molecule has 0 aromatic carbocycles. The average Bonchev–Trinajstić information content (AvgIpc) is 2.35. The highest BCUT2D eigenvalue weighted by molar-refractivity contribution is 5.71. The molecule has 0 aromatic heterocycles. The zero-order valence-corrected chi connectivity index (χ0v) is 15.0. The van der Waals surface area contributed by atoms with E-state index in [0.29, 0.717) is 19.8 Å². The Bertz CT molecular complexity index is 410. The highest BCUT2D eigenvalue weighted by Crippen LogP contribution is 2.15. The minimum atomic E-state index is -0.558. The lowest BCUT2D eigenvalue weighted by Crippen LogP contribution is -2.52. The fourth-order valence-corrected chi connectivity index (χ4v) is 2.00. The van der Waals surface area contributed by atoms with Gasteiger partial charge in [0.25, 0.3) is 0 Å². The van der Waals surface area contributed by atoms with E-state index in [1.54, 1.807) is 25.7 Å². The number of esters is 1. The van der Waals surface area contributed by atoms with Gasteiger partial charge >= 0.3 is 12.1 Å². The van der Waals surface area contributed by atoms with E-state index in [4.69, 9.17) is 18.9 Å². The van der Waals surface area contributed by atoms with Crippen LogP contribution in [-0.4, -0.2) is 67.2 Å². The second kappa shape index (κ2) is 7.97. The molecule has 1 aliphatic rings. The highest BCUT2D eigenvalue weighted by Gasteiger charge is 2.31. The molecule has 1 rings (SSSR count). The molecule has 0 N–H and O–H groups in total. The van der Waals surface area contributed by atoms with Crippen LogP contribution in [0.5, 0.6) is 0 Å². The number of morpholine rings is 1. The van der Waals surface area contributed by atoms with Crippen LogP contribution in [0.2, 0.25) is 0 Å². The molecule has 0 aromatic rings. The number of ether oxygens (including phenoxy) is 4. The Kier molecular flexibility index (Phi) is 6.83. The Morgan fingerprint density at radius 2 is 1.70 bits per heavy atom. The summed E-state index contributed by atoms with van der Waals surface area (Å²) < 4.78 is 21.3. The van der Waals surface area contributed by atoms with Gasteiger partial charge in [-0.1, -0.05) is 0 Å². The van der Waals surface area contributed by atoms with Crippen LogP contribution in [0.4, 0.5) is 4.79 Å². The second-order valence-electron chi connectivity index (χ2n) is 7.50. The van der Waals surface area contributed by atoms with E-state index in [0.717, 1.165) is 0 Å². The zero-order valence-electron chi connectivity index (χ0n) is 15.0. The SMILES string of the molecule is CC(C)(C)OC(=O)COC[C@H]1COCCN1C(=O)OC(C)(C)C. The predicted molar refractivity (Wildman–Crippen MR) is 84.2 cm³/mol. The third-order valence-corrected chi connectivity index (χ3v) is 2.81. The van der Waals surface area contributed by atoms with Crippen molar-refractivity contribution >= 4 is 12.1 Å². The average molecular weight is 331 g/mol. The van der Waals surface area contributed by atoms with Crippen LogP contribution in [0.1, 0.15) is 41.5 Å². The number of rotatable bonds is 4. The maximum Gasteiger partial charge on any atom is 0.410 e. The Hall–Kier alpha value is -1.34. The van der Waals surface area contributed by atoms with Gasteiger partial charge in [0.05, 0.1) is 25.9 Å². The number of amides is 1. The molecule has 0 bridgehead atoms. The molecule has 1 amide bonds. The molecule has 1 atom stereocenters. The van der Waals surface area contributed by atoms with Crippen molar-refractivity contribution in [2.75, 3.05) is 33.0 Å². The van der Waals surface area contributed by atoms with Crippen molar-refractivity contribution in [1.82, 2.24) is 4.90 Å². The van der Waals surface area contributed by atoms with E-state index in [9.17, 15) is 9.59 Å². The quantitative estimate of drug-likeness (QED) is 0.733. The lowest BCUT2D eigenvalue weighted by Gasteiger charge is -2.36.